The van der Waals surface area contributed by atoms with Crippen LogP contribution < -0.4 is 15.4 Å². The molecule has 0 unspecified atom stereocenters. The molecule has 0 saturated carbocycles. The van der Waals surface area contributed by atoms with Crippen LogP contribution in [0.2, 0.25) is 0 Å². The van der Waals surface area contributed by atoms with Gasteiger partial charge in [0.2, 0.25) is 17.8 Å². The number of rotatable bonds is 34. The van der Waals surface area contributed by atoms with Gasteiger partial charge in [-0.3, -0.25) is 41.8 Å². The zero-order chi connectivity index (χ0) is 79.7. The third-order valence-corrected chi connectivity index (χ3v) is 22.8. The Kier molecular flexibility index (Phi) is 26.3. The van der Waals surface area contributed by atoms with Gasteiger partial charge in [0.15, 0.2) is 16.5 Å². The van der Waals surface area contributed by atoms with E-state index in [0.717, 1.165) is 71.7 Å². The SMILES string of the molecule is CCCc1c(N=Nc2cc(C)c(N=Nc3cc(Nc4nc(Nc5cccc(S(=O)(=O)O)c5)nc(SC)n4)c(N=Nc4cc(C)c(N=Nc5ccc([N+](=O)[O-])cc5S(=O)(=O)O)cc4SCCCS(=O)(=O)O)cc3SCCCS(=O)(=O)O)cc2OCCCS(=O)(=O)O)c(O)n2c(nc3cc(S(=O)(=O)O)cc(C)c32)c1C#N. The molecule has 109 heavy (non-hydrogen) atoms. The third-order valence-electron chi connectivity index (χ3n) is 15.0. The number of anilines is 4. The standard InChI is InChI=1S/C61H61N17O22S9/c1-6-11-40-41(32-62)57-64-50-27-39(108(94,95)96)22-35(4)56(50)77(57)58(79)55(40)76-73-47-23-33(2)43(29-51(47)100-16-8-19-104(82,83)84)70-75-49-28-45(65-60-66-59(67-61(68-60)101-5)63-36-12-7-13-38(25-36)107(91,92)93)46(31-53(49)103-18-10-21-106(88,89)90)72-74-48-24-34(3)44(30-52(48)102-17-9-20-105(85,86)87)71-69-42-15-14-37(78(80)81)26-54(42)109(97,98)99/h7,12-15,22-31,79H,6,8-11,16-21H2,1-5H3,(H,82,83,84)(H,85,86,87)(H,88,89,90)(H,91,92,93)(H,94,95,96)(H,97,98,99)(H2,63,65,66,67,68). The zero-order valence-electron chi connectivity index (χ0n) is 57.1. The number of nitriles is 1. The second-order valence-corrected chi connectivity index (χ2v) is 35.2. The molecule has 0 saturated heterocycles. The molecule has 3 aromatic heterocycles. The lowest BCUT2D eigenvalue weighted by Gasteiger charge is -2.14. The summed E-state index contributed by atoms with van der Waals surface area (Å²) in [6.07, 6.45) is 1.62. The molecule has 0 fully saturated rings. The zero-order valence-corrected chi connectivity index (χ0v) is 64.4. The van der Waals surface area contributed by atoms with Gasteiger partial charge < -0.3 is 20.5 Å². The van der Waals surface area contributed by atoms with E-state index in [4.69, 9.17) is 4.74 Å². The molecular weight excluding hydrogens is 1610 g/mol. The molecule has 9 rings (SSSR count). The lowest BCUT2D eigenvalue weighted by atomic mass is 10.0. The van der Waals surface area contributed by atoms with Gasteiger partial charge in [-0.25, -0.2) is 4.98 Å². The quantitative estimate of drug-likeness (QED) is 0.00452. The van der Waals surface area contributed by atoms with E-state index in [-0.39, 0.29) is 167 Å². The van der Waals surface area contributed by atoms with Gasteiger partial charge in [0.25, 0.3) is 66.4 Å². The highest BCUT2D eigenvalue weighted by Crippen LogP contribution is 2.47. The molecule has 6 aromatic carbocycles. The van der Waals surface area contributed by atoms with Gasteiger partial charge in [0.1, 0.15) is 45.0 Å². The van der Waals surface area contributed by atoms with Gasteiger partial charge in [-0.2, -0.15) is 80.9 Å². The largest absolute Gasteiger partial charge is 0.493 e. The highest BCUT2D eigenvalue weighted by atomic mass is 32.2. The highest BCUT2D eigenvalue weighted by Gasteiger charge is 2.27. The van der Waals surface area contributed by atoms with Crippen LogP contribution in [0.4, 0.5) is 74.5 Å². The Morgan fingerprint density at radius 3 is 1.72 bits per heavy atom. The number of nitrogens with one attached hydrogen (secondary N) is 2. The van der Waals surface area contributed by atoms with E-state index in [1.165, 1.54) is 66.8 Å². The minimum absolute atomic E-state index is 0.000705. The number of aryl methyl sites for hydroxylation is 3. The maximum atomic E-state index is 12.4. The first-order valence-electron chi connectivity index (χ1n) is 31.2. The van der Waals surface area contributed by atoms with Gasteiger partial charge in [0, 0.05) is 39.2 Å². The number of azo groups is 4. The first-order valence-corrected chi connectivity index (χ1v) is 43.6. The minimum atomic E-state index is -5.11. The van der Waals surface area contributed by atoms with Crippen LogP contribution >= 0.6 is 35.3 Å². The molecular formula is C61H61N17O22S9. The molecule has 0 aliphatic carbocycles. The van der Waals surface area contributed by atoms with Crippen molar-refractivity contribution in [1.82, 2.24) is 24.3 Å². The van der Waals surface area contributed by atoms with Crippen molar-refractivity contribution in [2.75, 3.05) is 52.3 Å². The number of benzene rings is 6. The Morgan fingerprint density at radius 1 is 0.587 bits per heavy atom. The number of nitrogens with zero attached hydrogens (tertiary/aromatic N) is 15. The Hall–Kier alpha value is -9.72. The molecule has 9 N–H and O–H groups in total. The van der Waals surface area contributed by atoms with E-state index >= 15 is 0 Å². The Labute approximate surface area is 634 Å². The van der Waals surface area contributed by atoms with Crippen LogP contribution in [-0.2, 0) is 67.1 Å². The van der Waals surface area contributed by atoms with Gasteiger partial charge >= 0.3 is 0 Å². The van der Waals surface area contributed by atoms with E-state index in [9.17, 15) is 98.3 Å². The van der Waals surface area contributed by atoms with Gasteiger partial charge in [-0.15, -0.1) is 54.2 Å². The van der Waals surface area contributed by atoms with Crippen molar-refractivity contribution >= 4 is 187 Å². The molecule has 0 aliphatic heterocycles. The second kappa shape index (κ2) is 34.5. The van der Waals surface area contributed by atoms with Gasteiger partial charge in [0.05, 0.1) is 72.4 Å². The van der Waals surface area contributed by atoms with Crippen molar-refractivity contribution in [3.8, 4) is 17.7 Å². The summed E-state index contributed by atoms with van der Waals surface area (Å²) in [6, 6.07) is 20.2. The lowest BCUT2D eigenvalue weighted by Crippen LogP contribution is -2.08. The van der Waals surface area contributed by atoms with E-state index < -0.39 is 115 Å². The lowest BCUT2D eigenvalue weighted by molar-refractivity contribution is -0.385. The number of hydrogen-bond donors (Lipinski definition) is 9. The fourth-order valence-electron chi connectivity index (χ4n) is 10.1. The second-order valence-electron chi connectivity index (χ2n) is 23.2. The summed E-state index contributed by atoms with van der Waals surface area (Å²) in [5.74, 6) is -3.22. The monoisotopic (exact) mass is 1670 g/mol. The smallest absolute Gasteiger partial charge is 0.297 e. The van der Waals surface area contributed by atoms with Crippen LogP contribution in [0.3, 0.4) is 0 Å². The Morgan fingerprint density at radius 2 is 1.14 bits per heavy atom. The number of pyridine rings is 1. The molecule has 0 atom stereocenters. The number of fused-ring (bicyclic) bond motifs is 3. The number of hydrogen-bond acceptors (Lipinski definition) is 34. The maximum absolute atomic E-state index is 12.4. The normalized spacial score (nSPS) is 12.7. The Bertz CT molecular complexity index is 6030. The first-order chi connectivity index (χ1) is 51.1. The average Bonchev–Trinajstić information content (AvgIpc) is 1.58. The number of non-ortho nitro benzene ring substituents is 1. The summed E-state index contributed by atoms with van der Waals surface area (Å²) >= 11 is 3.04. The van der Waals surface area contributed by atoms with E-state index in [0.29, 0.717) is 18.1 Å². The van der Waals surface area contributed by atoms with Crippen molar-refractivity contribution in [2.24, 2.45) is 40.9 Å². The molecule has 0 aliphatic rings. The summed E-state index contributed by atoms with van der Waals surface area (Å²) in [5.41, 5.74) is -0.384. The van der Waals surface area contributed by atoms with E-state index in [1.807, 2.05) is 0 Å². The molecule has 3 heterocycles. The number of thioether (sulfide) groups is 3. The van der Waals surface area contributed by atoms with E-state index in [2.05, 4.69) is 77.6 Å². The summed E-state index contributed by atoms with van der Waals surface area (Å²) in [7, 11) is -28.0. The van der Waals surface area contributed by atoms with Crippen LogP contribution in [0.15, 0.2) is 162 Å². The summed E-state index contributed by atoms with van der Waals surface area (Å²) in [5, 5.41) is 75.8. The Balaban J connectivity index is 1.21. The fourth-order valence-corrected chi connectivity index (χ4v) is 16.0. The number of nitro benzene ring substituents is 1. The summed E-state index contributed by atoms with van der Waals surface area (Å²) in [4.78, 5) is 27.0. The van der Waals surface area contributed by atoms with Gasteiger partial charge in [-0.1, -0.05) is 31.2 Å². The third kappa shape index (κ3) is 22.3. The van der Waals surface area contributed by atoms with E-state index in [1.54, 1.807) is 20.1 Å². The molecule has 0 bridgehead atoms. The fraction of sp³-hybridized carbons (Fsp3) is 0.262. The number of ether oxygens (including phenoxy) is 1. The predicted octanol–water partition coefficient (Wildman–Crippen LogP) is 14.0. The molecule has 39 nitrogen and oxygen atoms in total. The highest BCUT2D eigenvalue weighted by molar-refractivity contribution is 7.99. The number of aromatic hydroxyl groups is 1. The summed E-state index contributed by atoms with van der Waals surface area (Å²) in [6.45, 7) is 6.00. The van der Waals surface area contributed by atoms with Crippen molar-refractivity contribution in [3.63, 3.8) is 0 Å². The van der Waals surface area contributed by atoms with Crippen LogP contribution in [0, 0.1) is 42.2 Å². The average molecular weight is 1670 g/mol. The number of aromatic nitrogens is 5. The molecule has 0 spiro atoms. The van der Waals surface area contributed by atoms with Crippen LogP contribution in [0.1, 0.15) is 60.4 Å². The van der Waals surface area contributed by atoms with Crippen LogP contribution in [0.5, 0.6) is 11.6 Å². The molecule has 576 valence electrons. The summed E-state index contributed by atoms with van der Waals surface area (Å²) < 4.78 is 211. The van der Waals surface area contributed by atoms with Crippen molar-refractivity contribution in [3.05, 3.63) is 129 Å². The van der Waals surface area contributed by atoms with Crippen molar-refractivity contribution in [2.45, 2.75) is 89.4 Å². The maximum Gasteiger partial charge on any atom is 0.297 e. The molecule has 0 radical (unpaired) electrons. The number of imidazole rings is 1. The minimum Gasteiger partial charge on any atom is -0.493 e. The van der Waals surface area contributed by atoms with Crippen LogP contribution in [0.25, 0.3) is 16.7 Å². The van der Waals surface area contributed by atoms with Crippen molar-refractivity contribution in [1.29, 1.82) is 5.26 Å². The number of nitro groups is 1. The predicted molar refractivity (Wildman–Crippen MR) is 401 cm³/mol. The topological polar surface area (TPSA) is 602 Å². The molecule has 48 heteroatoms. The molecule has 0 amide bonds. The van der Waals surface area contributed by atoms with Crippen LogP contribution in [-0.4, -0.2) is 154 Å². The first kappa shape index (κ1) is 83.3. The van der Waals surface area contributed by atoms with Gasteiger partial charge in [-0.05, 0) is 148 Å². The van der Waals surface area contributed by atoms with Crippen molar-refractivity contribution < 1.29 is 92.6 Å². The molecule has 9 aromatic rings.